The van der Waals surface area contributed by atoms with Crippen LogP contribution in [0.1, 0.15) is 49.1 Å². The molecule has 2 unspecified atom stereocenters. The van der Waals surface area contributed by atoms with E-state index < -0.39 is 5.25 Å². The lowest BCUT2D eigenvalue weighted by atomic mass is 9.93. The van der Waals surface area contributed by atoms with Crippen molar-refractivity contribution in [2.75, 3.05) is 11.4 Å². The second kappa shape index (κ2) is 8.51. The summed E-state index contributed by atoms with van der Waals surface area (Å²) in [5, 5.41) is 1.94. The molecule has 2 atom stereocenters. The maximum Gasteiger partial charge on any atom is 0.240 e. The maximum absolute atomic E-state index is 13.6. The van der Waals surface area contributed by atoms with E-state index in [1.165, 1.54) is 21.9 Å². The van der Waals surface area contributed by atoms with Gasteiger partial charge in [-0.05, 0) is 40.3 Å². The molecule has 1 amide bonds. The van der Waals surface area contributed by atoms with Gasteiger partial charge in [-0.2, -0.15) is 0 Å². The van der Waals surface area contributed by atoms with E-state index in [2.05, 4.69) is 82.3 Å². The molecule has 4 heteroatoms. The highest BCUT2D eigenvalue weighted by Crippen LogP contribution is 2.48. The molecule has 0 saturated carbocycles. The summed E-state index contributed by atoms with van der Waals surface area (Å²) in [6.07, 6.45) is 1.10. The highest BCUT2D eigenvalue weighted by Gasteiger charge is 2.37. The molecule has 31 heavy (non-hydrogen) atoms. The van der Waals surface area contributed by atoms with Gasteiger partial charge in [0.25, 0.3) is 0 Å². The van der Waals surface area contributed by atoms with E-state index in [1.807, 2.05) is 11.0 Å². The summed E-state index contributed by atoms with van der Waals surface area (Å²) in [4.78, 5) is 27.1. The number of fused-ring (bicyclic) bond motifs is 2. The fourth-order valence-electron chi connectivity index (χ4n) is 4.32. The Morgan fingerprint density at radius 3 is 2.48 bits per heavy atom. The molecule has 1 aliphatic heterocycles. The Morgan fingerprint density at radius 2 is 1.74 bits per heavy atom. The molecule has 0 bridgehead atoms. The molecule has 0 spiro atoms. The molecule has 160 valence electrons. The van der Waals surface area contributed by atoms with E-state index in [-0.39, 0.29) is 23.0 Å². The molecular formula is C27H29NO2S. The van der Waals surface area contributed by atoms with Crippen molar-refractivity contribution in [2.45, 2.75) is 44.6 Å². The van der Waals surface area contributed by atoms with Crippen molar-refractivity contribution in [1.29, 1.82) is 0 Å². The Kier molecular flexibility index (Phi) is 5.94. The van der Waals surface area contributed by atoms with Gasteiger partial charge in [-0.25, -0.2) is 0 Å². The molecule has 4 rings (SSSR count). The molecule has 1 heterocycles. The molecule has 3 aromatic carbocycles. The number of carbonyl (C=O) groups is 2. The third-order valence-corrected chi connectivity index (χ3v) is 7.15. The number of hydrogen-bond acceptors (Lipinski definition) is 3. The predicted molar refractivity (Wildman–Crippen MR) is 131 cm³/mol. The Bertz CT molecular complexity index is 1130. The number of carbonyl (C=O) groups excluding carboxylic acids is 2. The Balaban J connectivity index is 1.96. The zero-order valence-corrected chi connectivity index (χ0v) is 19.4. The molecule has 1 aliphatic rings. The van der Waals surface area contributed by atoms with E-state index in [0.29, 0.717) is 6.54 Å². The van der Waals surface area contributed by atoms with E-state index >= 15 is 0 Å². The van der Waals surface area contributed by atoms with E-state index in [9.17, 15) is 9.59 Å². The molecular weight excluding hydrogens is 402 g/mol. The lowest BCUT2D eigenvalue weighted by Gasteiger charge is -2.31. The third-order valence-electron chi connectivity index (χ3n) is 5.65. The second-order valence-electron chi connectivity index (χ2n) is 9.52. The normalized spacial score (nSPS) is 19.2. The maximum atomic E-state index is 13.6. The fourth-order valence-corrected chi connectivity index (χ4v) is 5.77. The van der Waals surface area contributed by atoms with Crippen LogP contribution in [0, 0.1) is 12.3 Å². The van der Waals surface area contributed by atoms with Crippen molar-refractivity contribution in [3.63, 3.8) is 0 Å². The molecule has 0 aliphatic carbocycles. The summed E-state index contributed by atoms with van der Waals surface area (Å²) in [6.45, 7) is 9.13. The van der Waals surface area contributed by atoms with Crippen LogP contribution < -0.4 is 4.90 Å². The van der Waals surface area contributed by atoms with Crippen molar-refractivity contribution in [3.8, 4) is 0 Å². The number of hydrogen-bond donors (Lipinski definition) is 0. The standard InChI is InChI=1S/C27H29NO2S/c1-18-12-13-23-22(16-18)25(21-11-7-9-19-8-5-6-10-20(19)21)31-24(14-15-29)26(30)28(23)17-27(2,3)4/h5-13,15-16,24-25H,14,17H2,1-4H3. The molecule has 0 fully saturated rings. The Hall–Kier alpha value is -2.59. The minimum Gasteiger partial charge on any atom is -0.311 e. The van der Waals surface area contributed by atoms with Gasteiger partial charge in [-0.1, -0.05) is 80.9 Å². The first-order valence-corrected chi connectivity index (χ1v) is 11.7. The number of thioether (sulfide) groups is 1. The summed E-state index contributed by atoms with van der Waals surface area (Å²) in [5.74, 6) is 0.0277. The van der Waals surface area contributed by atoms with Gasteiger partial charge in [0.1, 0.15) is 6.29 Å². The van der Waals surface area contributed by atoms with Gasteiger partial charge in [0.05, 0.1) is 10.5 Å². The van der Waals surface area contributed by atoms with Crippen molar-refractivity contribution < 1.29 is 9.59 Å². The van der Waals surface area contributed by atoms with Crippen LogP contribution in [-0.2, 0) is 9.59 Å². The number of benzene rings is 3. The van der Waals surface area contributed by atoms with Crippen LogP contribution in [0.25, 0.3) is 10.8 Å². The van der Waals surface area contributed by atoms with Crippen LogP contribution in [0.5, 0.6) is 0 Å². The summed E-state index contributed by atoms with van der Waals surface area (Å²) < 4.78 is 0. The Labute approximate surface area is 188 Å². The van der Waals surface area contributed by atoms with Crippen LogP contribution >= 0.6 is 11.8 Å². The van der Waals surface area contributed by atoms with Gasteiger partial charge in [-0.3, -0.25) is 4.79 Å². The molecule has 0 aromatic heterocycles. The monoisotopic (exact) mass is 431 g/mol. The first kappa shape index (κ1) is 21.6. The van der Waals surface area contributed by atoms with Crippen LogP contribution in [0.4, 0.5) is 5.69 Å². The number of amides is 1. The number of nitrogens with zero attached hydrogens (tertiary/aromatic N) is 1. The molecule has 0 radical (unpaired) electrons. The van der Waals surface area contributed by atoms with Gasteiger partial charge in [0.2, 0.25) is 5.91 Å². The minimum absolute atomic E-state index is 0.0277. The van der Waals surface area contributed by atoms with Gasteiger partial charge >= 0.3 is 0 Å². The minimum atomic E-state index is -0.406. The average molecular weight is 432 g/mol. The number of anilines is 1. The van der Waals surface area contributed by atoms with Crippen molar-refractivity contribution in [2.24, 2.45) is 5.41 Å². The first-order chi connectivity index (χ1) is 14.8. The van der Waals surface area contributed by atoms with Gasteiger partial charge in [0, 0.05) is 18.7 Å². The zero-order chi connectivity index (χ0) is 22.2. The Morgan fingerprint density at radius 1 is 1.00 bits per heavy atom. The predicted octanol–water partition coefficient (Wildman–Crippen LogP) is 6.32. The van der Waals surface area contributed by atoms with Crippen molar-refractivity contribution >= 4 is 40.4 Å². The molecule has 0 saturated heterocycles. The first-order valence-electron chi connectivity index (χ1n) is 10.8. The van der Waals surface area contributed by atoms with Gasteiger partial charge < -0.3 is 9.69 Å². The molecule has 0 N–H and O–H groups in total. The lowest BCUT2D eigenvalue weighted by Crippen LogP contribution is -2.42. The van der Waals surface area contributed by atoms with E-state index in [4.69, 9.17) is 0 Å². The van der Waals surface area contributed by atoms with Crippen molar-refractivity contribution in [1.82, 2.24) is 0 Å². The fraction of sp³-hybridized carbons (Fsp3) is 0.333. The number of rotatable bonds is 4. The lowest BCUT2D eigenvalue weighted by molar-refractivity contribution is -0.120. The topological polar surface area (TPSA) is 37.4 Å². The summed E-state index contributed by atoms with van der Waals surface area (Å²) >= 11 is 1.61. The summed E-state index contributed by atoms with van der Waals surface area (Å²) in [5.41, 5.74) is 4.41. The number of aldehydes is 1. The summed E-state index contributed by atoms with van der Waals surface area (Å²) in [6, 6.07) is 21.1. The van der Waals surface area contributed by atoms with Crippen molar-refractivity contribution in [3.05, 3.63) is 77.4 Å². The zero-order valence-electron chi connectivity index (χ0n) is 18.6. The summed E-state index contributed by atoms with van der Waals surface area (Å²) in [7, 11) is 0. The average Bonchev–Trinajstić information content (AvgIpc) is 2.83. The van der Waals surface area contributed by atoms with Crippen LogP contribution in [0.3, 0.4) is 0 Å². The molecule has 3 aromatic rings. The largest absolute Gasteiger partial charge is 0.311 e. The van der Waals surface area contributed by atoms with Crippen LogP contribution in [0.15, 0.2) is 60.7 Å². The van der Waals surface area contributed by atoms with Gasteiger partial charge in [0.15, 0.2) is 0 Å². The van der Waals surface area contributed by atoms with Crippen LogP contribution in [0.2, 0.25) is 0 Å². The number of aryl methyl sites for hydroxylation is 1. The smallest absolute Gasteiger partial charge is 0.240 e. The highest BCUT2D eigenvalue weighted by atomic mass is 32.2. The SMILES string of the molecule is Cc1ccc2c(c1)C(c1cccc3ccccc13)SC(CC=O)C(=O)N2CC(C)(C)C. The third kappa shape index (κ3) is 4.40. The second-order valence-corrected chi connectivity index (χ2v) is 10.8. The van der Waals surface area contributed by atoms with Crippen LogP contribution in [-0.4, -0.2) is 24.0 Å². The van der Waals surface area contributed by atoms with Gasteiger partial charge in [-0.15, -0.1) is 11.8 Å². The van der Waals surface area contributed by atoms with E-state index in [1.54, 1.807) is 11.8 Å². The quantitative estimate of drug-likeness (QED) is 0.454. The highest BCUT2D eigenvalue weighted by molar-refractivity contribution is 8.01. The van der Waals surface area contributed by atoms with E-state index in [0.717, 1.165) is 17.5 Å². The molecule has 3 nitrogen and oxygen atoms in total.